The van der Waals surface area contributed by atoms with Crippen molar-refractivity contribution in [1.82, 2.24) is 4.90 Å². The smallest absolute Gasteiger partial charge is 0.266 e. The van der Waals surface area contributed by atoms with Crippen molar-refractivity contribution >= 4 is 32.8 Å². The molecule has 17 heavy (non-hydrogen) atoms. The number of carbonyl (C=O) groups is 1. The van der Waals surface area contributed by atoms with Crippen LogP contribution in [0.15, 0.2) is 11.4 Å². The van der Waals surface area contributed by atoms with Gasteiger partial charge in [0.1, 0.15) is 4.88 Å². The summed E-state index contributed by atoms with van der Waals surface area (Å²) in [7, 11) is -3.00. The van der Waals surface area contributed by atoms with Crippen LogP contribution < -0.4 is 5.73 Å². The van der Waals surface area contributed by atoms with Gasteiger partial charge in [-0.1, -0.05) is 0 Å². The average molecular weight is 274 g/mol. The molecule has 2 N–H and O–H groups in total. The Morgan fingerprint density at radius 1 is 1.59 bits per heavy atom. The molecule has 1 saturated heterocycles. The van der Waals surface area contributed by atoms with E-state index in [9.17, 15) is 13.2 Å². The molecule has 0 bridgehead atoms. The molecular formula is C10H14N2O3S2. The van der Waals surface area contributed by atoms with Gasteiger partial charge in [-0.3, -0.25) is 4.79 Å². The predicted molar refractivity (Wildman–Crippen MR) is 67.9 cm³/mol. The van der Waals surface area contributed by atoms with E-state index in [2.05, 4.69) is 0 Å². The van der Waals surface area contributed by atoms with Crippen LogP contribution in [-0.4, -0.2) is 43.3 Å². The van der Waals surface area contributed by atoms with Gasteiger partial charge in [0.2, 0.25) is 0 Å². The van der Waals surface area contributed by atoms with E-state index < -0.39 is 9.84 Å². The van der Waals surface area contributed by atoms with Gasteiger partial charge in [0.05, 0.1) is 17.2 Å². The Balaban J connectivity index is 2.20. The third-order valence-corrected chi connectivity index (χ3v) is 5.53. The summed E-state index contributed by atoms with van der Waals surface area (Å²) >= 11 is 1.29. The lowest BCUT2D eigenvalue weighted by molar-refractivity contribution is 0.0718. The number of nitrogens with zero attached hydrogens (tertiary/aromatic N) is 1. The maximum Gasteiger partial charge on any atom is 0.266 e. The summed E-state index contributed by atoms with van der Waals surface area (Å²) < 4.78 is 22.8. The van der Waals surface area contributed by atoms with Gasteiger partial charge in [0.15, 0.2) is 9.84 Å². The van der Waals surface area contributed by atoms with Gasteiger partial charge >= 0.3 is 0 Å². The van der Waals surface area contributed by atoms with Gasteiger partial charge in [0.25, 0.3) is 5.91 Å². The number of hydrogen-bond donors (Lipinski definition) is 1. The van der Waals surface area contributed by atoms with Gasteiger partial charge in [-0.2, -0.15) is 0 Å². The summed E-state index contributed by atoms with van der Waals surface area (Å²) in [6.45, 7) is 2.00. The van der Waals surface area contributed by atoms with Crippen LogP contribution >= 0.6 is 11.3 Å². The molecule has 0 saturated carbocycles. The molecule has 1 atom stereocenters. The van der Waals surface area contributed by atoms with Gasteiger partial charge < -0.3 is 10.6 Å². The number of nitrogens with two attached hydrogens (primary N) is 1. The Bertz CT molecular complexity index is 536. The highest BCUT2D eigenvalue weighted by Gasteiger charge is 2.32. The third kappa shape index (κ3) is 2.44. The molecule has 1 aliphatic rings. The minimum Gasteiger partial charge on any atom is -0.397 e. The van der Waals surface area contributed by atoms with E-state index >= 15 is 0 Å². The summed E-state index contributed by atoms with van der Waals surface area (Å²) in [5, 5.41) is 1.76. The van der Waals surface area contributed by atoms with Crippen LogP contribution in [0.3, 0.4) is 0 Å². The van der Waals surface area contributed by atoms with Crippen LogP contribution in [0.1, 0.15) is 16.6 Å². The predicted octanol–water partition coefficient (Wildman–Crippen LogP) is 0.589. The first-order valence-electron chi connectivity index (χ1n) is 5.25. The molecule has 94 valence electrons. The fourth-order valence-corrected chi connectivity index (χ4v) is 4.25. The second-order valence-electron chi connectivity index (χ2n) is 4.17. The SMILES string of the molecule is CC1CS(=O)(=O)CCN1C(=O)c1sccc1N. The molecule has 5 nitrogen and oxygen atoms in total. The summed E-state index contributed by atoms with van der Waals surface area (Å²) in [6.07, 6.45) is 0. The summed E-state index contributed by atoms with van der Waals surface area (Å²) in [6, 6.07) is 1.39. The van der Waals surface area contributed by atoms with Gasteiger partial charge in [-0.25, -0.2) is 8.42 Å². The van der Waals surface area contributed by atoms with Crippen molar-refractivity contribution in [3.8, 4) is 0 Å². The number of hydrogen-bond acceptors (Lipinski definition) is 5. The molecule has 0 aliphatic carbocycles. The zero-order valence-corrected chi connectivity index (χ0v) is 11.1. The standard InChI is InChI=1S/C10H14N2O3S2/c1-7-6-17(14,15)5-3-12(7)10(13)9-8(11)2-4-16-9/h2,4,7H,3,5-6,11H2,1H3. The van der Waals surface area contributed by atoms with E-state index in [1.165, 1.54) is 11.3 Å². The molecule has 1 fully saturated rings. The molecule has 1 amide bonds. The quantitative estimate of drug-likeness (QED) is 0.812. The minimum atomic E-state index is -3.00. The van der Waals surface area contributed by atoms with E-state index in [0.29, 0.717) is 10.6 Å². The molecule has 1 aliphatic heterocycles. The number of amides is 1. The number of thiophene rings is 1. The Morgan fingerprint density at radius 3 is 2.82 bits per heavy atom. The van der Waals surface area contributed by atoms with Crippen molar-refractivity contribution in [2.24, 2.45) is 0 Å². The van der Waals surface area contributed by atoms with E-state index in [1.54, 1.807) is 23.3 Å². The van der Waals surface area contributed by atoms with Gasteiger partial charge in [0, 0.05) is 12.6 Å². The van der Waals surface area contributed by atoms with Crippen LogP contribution in [0.5, 0.6) is 0 Å². The highest BCUT2D eigenvalue weighted by atomic mass is 32.2. The molecule has 1 unspecified atom stereocenters. The lowest BCUT2D eigenvalue weighted by atomic mass is 10.2. The minimum absolute atomic E-state index is 0.0318. The second kappa shape index (κ2) is 4.30. The average Bonchev–Trinajstić information content (AvgIpc) is 2.62. The molecule has 2 rings (SSSR count). The summed E-state index contributed by atoms with van der Waals surface area (Å²) in [4.78, 5) is 14.2. The zero-order valence-electron chi connectivity index (χ0n) is 9.42. The second-order valence-corrected chi connectivity index (χ2v) is 7.31. The van der Waals surface area contributed by atoms with E-state index in [4.69, 9.17) is 5.73 Å². The third-order valence-electron chi connectivity index (χ3n) is 2.82. The molecule has 2 heterocycles. The van der Waals surface area contributed by atoms with Crippen molar-refractivity contribution < 1.29 is 13.2 Å². The van der Waals surface area contributed by atoms with Crippen molar-refractivity contribution in [2.45, 2.75) is 13.0 Å². The Labute approximate surface area is 104 Å². The van der Waals surface area contributed by atoms with Crippen molar-refractivity contribution in [3.05, 3.63) is 16.3 Å². The summed E-state index contributed by atoms with van der Waals surface area (Å²) in [5.74, 6) is -0.0989. The highest BCUT2D eigenvalue weighted by Crippen LogP contribution is 2.23. The Morgan fingerprint density at radius 2 is 2.29 bits per heavy atom. The van der Waals surface area contributed by atoms with Crippen LogP contribution in [0.4, 0.5) is 5.69 Å². The number of nitrogen functional groups attached to an aromatic ring is 1. The Kier molecular flexibility index (Phi) is 3.13. The lowest BCUT2D eigenvalue weighted by Gasteiger charge is -2.32. The largest absolute Gasteiger partial charge is 0.397 e. The lowest BCUT2D eigenvalue weighted by Crippen LogP contribution is -2.49. The van der Waals surface area contributed by atoms with Crippen LogP contribution in [0.25, 0.3) is 0 Å². The van der Waals surface area contributed by atoms with E-state index in [0.717, 1.165) is 0 Å². The van der Waals surface area contributed by atoms with Crippen molar-refractivity contribution in [2.75, 3.05) is 23.8 Å². The van der Waals surface area contributed by atoms with Gasteiger partial charge in [-0.15, -0.1) is 11.3 Å². The number of sulfone groups is 1. The van der Waals surface area contributed by atoms with Crippen LogP contribution in [0, 0.1) is 0 Å². The topological polar surface area (TPSA) is 80.5 Å². The summed E-state index contributed by atoms with van der Waals surface area (Å²) in [5.41, 5.74) is 6.15. The molecule has 0 aromatic carbocycles. The van der Waals surface area contributed by atoms with E-state index in [-0.39, 0.29) is 30.0 Å². The van der Waals surface area contributed by atoms with Crippen molar-refractivity contribution in [1.29, 1.82) is 0 Å². The van der Waals surface area contributed by atoms with Crippen LogP contribution in [0.2, 0.25) is 0 Å². The first kappa shape index (κ1) is 12.4. The zero-order chi connectivity index (χ0) is 12.6. The fraction of sp³-hybridized carbons (Fsp3) is 0.500. The molecule has 7 heteroatoms. The first-order valence-corrected chi connectivity index (χ1v) is 7.95. The molecular weight excluding hydrogens is 260 g/mol. The van der Waals surface area contributed by atoms with Crippen LogP contribution in [-0.2, 0) is 9.84 Å². The number of carbonyl (C=O) groups excluding carboxylic acids is 1. The maximum absolute atomic E-state index is 12.2. The normalized spacial score (nSPS) is 23.6. The Hall–Kier alpha value is -1.08. The van der Waals surface area contributed by atoms with Gasteiger partial charge in [-0.05, 0) is 18.4 Å². The molecule has 0 spiro atoms. The highest BCUT2D eigenvalue weighted by molar-refractivity contribution is 7.91. The maximum atomic E-state index is 12.2. The number of anilines is 1. The molecule has 0 radical (unpaired) electrons. The molecule has 1 aromatic heterocycles. The monoisotopic (exact) mass is 274 g/mol. The first-order chi connectivity index (χ1) is 7.91. The number of rotatable bonds is 1. The van der Waals surface area contributed by atoms with E-state index in [1.807, 2.05) is 0 Å². The molecule has 1 aromatic rings. The van der Waals surface area contributed by atoms with Crippen molar-refractivity contribution in [3.63, 3.8) is 0 Å². The fourth-order valence-electron chi connectivity index (χ4n) is 1.92.